The van der Waals surface area contributed by atoms with Gasteiger partial charge < -0.3 is 14.6 Å². The summed E-state index contributed by atoms with van der Waals surface area (Å²) in [5.41, 5.74) is 0.741. The number of hydrogen-bond acceptors (Lipinski definition) is 3. The minimum absolute atomic E-state index is 0.532. The van der Waals surface area contributed by atoms with Gasteiger partial charge in [0.25, 0.3) is 0 Å². The van der Waals surface area contributed by atoms with Crippen molar-refractivity contribution >= 4 is 5.97 Å². The predicted molar refractivity (Wildman–Crippen MR) is 75.6 cm³/mol. The zero-order chi connectivity index (χ0) is 14.5. The minimum atomic E-state index is -0.844. The molecule has 0 aromatic heterocycles. The molecule has 0 aliphatic rings. The van der Waals surface area contributed by atoms with E-state index in [0.29, 0.717) is 17.2 Å². The minimum Gasteiger partial charge on any atom is -0.493 e. The standard InChI is InChI=1S/C16H16O4/c1-11(16(17)18)12-7-9-13(10-8-12)20-15-6-4-3-5-14(15)19-2/h3-11H,1-2H3,(H,17,18). The lowest BCUT2D eigenvalue weighted by Gasteiger charge is -2.11. The largest absolute Gasteiger partial charge is 0.493 e. The molecule has 104 valence electrons. The lowest BCUT2D eigenvalue weighted by atomic mass is 10.0. The Kier molecular flexibility index (Phi) is 4.25. The number of para-hydroxylation sites is 2. The molecule has 0 aliphatic carbocycles. The van der Waals surface area contributed by atoms with Gasteiger partial charge in [0, 0.05) is 0 Å². The predicted octanol–water partition coefficient (Wildman–Crippen LogP) is 3.68. The molecule has 1 N–H and O–H groups in total. The second kappa shape index (κ2) is 6.10. The maximum atomic E-state index is 10.9. The highest BCUT2D eigenvalue weighted by Crippen LogP contribution is 2.31. The SMILES string of the molecule is COc1ccccc1Oc1ccc(C(C)C(=O)O)cc1. The first-order chi connectivity index (χ1) is 9.61. The number of aliphatic carboxylic acids is 1. The zero-order valence-corrected chi connectivity index (χ0v) is 11.4. The third kappa shape index (κ3) is 3.09. The molecule has 0 bridgehead atoms. The van der Waals surface area contributed by atoms with Crippen LogP contribution in [0.4, 0.5) is 0 Å². The van der Waals surface area contributed by atoms with Crippen molar-refractivity contribution in [2.45, 2.75) is 12.8 Å². The molecule has 0 heterocycles. The fraction of sp³-hybridized carbons (Fsp3) is 0.188. The molecule has 0 amide bonds. The van der Waals surface area contributed by atoms with Crippen LogP contribution < -0.4 is 9.47 Å². The number of benzene rings is 2. The quantitative estimate of drug-likeness (QED) is 0.902. The number of ether oxygens (including phenoxy) is 2. The highest BCUT2D eigenvalue weighted by Gasteiger charge is 2.13. The highest BCUT2D eigenvalue weighted by atomic mass is 16.5. The molecule has 4 nitrogen and oxygen atoms in total. The van der Waals surface area contributed by atoms with Crippen LogP contribution in [0.25, 0.3) is 0 Å². The number of carboxylic acids is 1. The summed E-state index contributed by atoms with van der Waals surface area (Å²) in [4.78, 5) is 10.9. The van der Waals surface area contributed by atoms with Crippen LogP contribution >= 0.6 is 0 Å². The van der Waals surface area contributed by atoms with E-state index in [0.717, 1.165) is 5.56 Å². The van der Waals surface area contributed by atoms with E-state index in [-0.39, 0.29) is 0 Å². The number of rotatable bonds is 5. The normalized spacial score (nSPS) is 11.7. The van der Waals surface area contributed by atoms with Crippen LogP contribution in [0.1, 0.15) is 18.4 Å². The average Bonchev–Trinajstić information content (AvgIpc) is 2.48. The maximum Gasteiger partial charge on any atom is 0.310 e. The van der Waals surface area contributed by atoms with E-state index >= 15 is 0 Å². The molecular weight excluding hydrogens is 256 g/mol. The first-order valence-electron chi connectivity index (χ1n) is 6.25. The van der Waals surface area contributed by atoms with Gasteiger partial charge >= 0.3 is 5.97 Å². The Hall–Kier alpha value is -2.49. The second-order valence-electron chi connectivity index (χ2n) is 4.38. The molecule has 2 rings (SSSR count). The van der Waals surface area contributed by atoms with Crippen LogP contribution in [-0.4, -0.2) is 18.2 Å². The summed E-state index contributed by atoms with van der Waals surface area (Å²) < 4.78 is 10.9. The zero-order valence-electron chi connectivity index (χ0n) is 11.4. The van der Waals surface area contributed by atoms with Crippen molar-refractivity contribution in [3.05, 3.63) is 54.1 Å². The monoisotopic (exact) mass is 272 g/mol. The average molecular weight is 272 g/mol. The van der Waals surface area contributed by atoms with Crippen LogP contribution in [0.3, 0.4) is 0 Å². The molecular formula is C16H16O4. The highest BCUT2D eigenvalue weighted by molar-refractivity contribution is 5.75. The topological polar surface area (TPSA) is 55.8 Å². The van der Waals surface area contributed by atoms with E-state index in [9.17, 15) is 4.79 Å². The van der Waals surface area contributed by atoms with E-state index in [2.05, 4.69) is 0 Å². The van der Waals surface area contributed by atoms with Crippen molar-refractivity contribution in [1.82, 2.24) is 0 Å². The third-order valence-corrected chi connectivity index (χ3v) is 3.05. The Labute approximate surface area is 117 Å². The van der Waals surface area contributed by atoms with Crippen LogP contribution in [0.15, 0.2) is 48.5 Å². The van der Waals surface area contributed by atoms with Crippen molar-refractivity contribution in [3.8, 4) is 17.2 Å². The van der Waals surface area contributed by atoms with Gasteiger partial charge in [0.05, 0.1) is 13.0 Å². The molecule has 20 heavy (non-hydrogen) atoms. The summed E-state index contributed by atoms with van der Waals surface area (Å²) in [7, 11) is 1.58. The Morgan fingerprint density at radius 2 is 1.65 bits per heavy atom. The van der Waals surface area contributed by atoms with Crippen LogP contribution in [0.2, 0.25) is 0 Å². The molecule has 0 aliphatic heterocycles. The van der Waals surface area contributed by atoms with Gasteiger partial charge in [0.2, 0.25) is 0 Å². The third-order valence-electron chi connectivity index (χ3n) is 3.05. The Morgan fingerprint density at radius 1 is 1.05 bits per heavy atom. The molecule has 4 heteroatoms. The molecule has 1 atom stereocenters. The lowest BCUT2D eigenvalue weighted by molar-refractivity contribution is -0.138. The second-order valence-corrected chi connectivity index (χ2v) is 4.38. The van der Waals surface area contributed by atoms with Gasteiger partial charge in [-0.05, 0) is 36.8 Å². The number of methoxy groups -OCH3 is 1. The van der Waals surface area contributed by atoms with Crippen molar-refractivity contribution in [3.63, 3.8) is 0 Å². The van der Waals surface area contributed by atoms with Gasteiger partial charge in [-0.15, -0.1) is 0 Å². The van der Waals surface area contributed by atoms with Gasteiger partial charge in [-0.1, -0.05) is 24.3 Å². The smallest absolute Gasteiger partial charge is 0.310 e. The van der Waals surface area contributed by atoms with E-state index in [1.54, 1.807) is 38.3 Å². The fourth-order valence-corrected chi connectivity index (χ4v) is 1.80. The summed E-state index contributed by atoms with van der Waals surface area (Å²) in [5, 5.41) is 8.96. The molecule has 2 aromatic rings. The van der Waals surface area contributed by atoms with Gasteiger partial charge in [-0.25, -0.2) is 0 Å². The van der Waals surface area contributed by atoms with Crippen molar-refractivity contribution < 1.29 is 19.4 Å². The molecule has 0 fully saturated rings. The summed E-state index contributed by atoms with van der Waals surface area (Å²) >= 11 is 0. The lowest BCUT2D eigenvalue weighted by Crippen LogP contribution is -2.06. The van der Waals surface area contributed by atoms with Crippen molar-refractivity contribution in [1.29, 1.82) is 0 Å². The number of hydrogen-bond donors (Lipinski definition) is 1. The van der Waals surface area contributed by atoms with Crippen molar-refractivity contribution in [2.24, 2.45) is 0 Å². The van der Waals surface area contributed by atoms with Crippen LogP contribution in [0, 0.1) is 0 Å². The molecule has 1 unspecified atom stereocenters. The summed E-state index contributed by atoms with van der Waals surface area (Å²) in [6.07, 6.45) is 0. The van der Waals surface area contributed by atoms with Gasteiger partial charge in [-0.3, -0.25) is 4.79 Å². The Morgan fingerprint density at radius 3 is 2.20 bits per heavy atom. The molecule has 0 saturated carbocycles. The number of carbonyl (C=O) groups is 1. The van der Waals surface area contributed by atoms with E-state index in [1.807, 2.05) is 24.3 Å². The van der Waals surface area contributed by atoms with Crippen LogP contribution in [0.5, 0.6) is 17.2 Å². The molecule has 2 aromatic carbocycles. The molecule has 0 saturated heterocycles. The fourth-order valence-electron chi connectivity index (χ4n) is 1.80. The molecule has 0 radical (unpaired) electrons. The first kappa shape index (κ1) is 13.9. The van der Waals surface area contributed by atoms with Gasteiger partial charge in [0.15, 0.2) is 11.5 Å². The Bertz CT molecular complexity index is 590. The summed E-state index contributed by atoms with van der Waals surface area (Å²) in [5.74, 6) is 0.527. The van der Waals surface area contributed by atoms with E-state index in [1.165, 1.54) is 0 Å². The molecule has 0 spiro atoms. The van der Waals surface area contributed by atoms with Gasteiger partial charge in [0.1, 0.15) is 5.75 Å². The van der Waals surface area contributed by atoms with E-state index in [4.69, 9.17) is 14.6 Å². The maximum absolute atomic E-state index is 10.9. The van der Waals surface area contributed by atoms with Gasteiger partial charge in [-0.2, -0.15) is 0 Å². The van der Waals surface area contributed by atoms with Crippen molar-refractivity contribution in [2.75, 3.05) is 7.11 Å². The van der Waals surface area contributed by atoms with E-state index < -0.39 is 11.9 Å². The Balaban J connectivity index is 2.17. The first-order valence-corrected chi connectivity index (χ1v) is 6.25. The number of carboxylic acid groups (broad SMARTS) is 1. The summed E-state index contributed by atoms with van der Waals surface area (Å²) in [6.45, 7) is 1.65. The summed E-state index contributed by atoms with van der Waals surface area (Å²) in [6, 6.07) is 14.4. The van der Waals surface area contributed by atoms with Crippen LogP contribution in [-0.2, 0) is 4.79 Å².